The normalized spacial score (nSPS) is 14.7. The lowest BCUT2D eigenvalue weighted by molar-refractivity contribution is 0.0927. The predicted octanol–water partition coefficient (Wildman–Crippen LogP) is 0.411. The van der Waals surface area contributed by atoms with Crippen LogP contribution in [0.4, 0.5) is 0 Å². The largest absolute Gasteiger partial charge is 0.395 e. The highest BCUT2D eigenvalue weighted by atomic mass is 16.5. The minimum Gasteiger partial charge on any atom is -0.395 e. The zero-order valence-electron chi connectivity index (χ0n) is 11.1. The number of aromatic nitrogens is 1. The molecule has 0 spiro atoms. The quantitative estimate of drug-likeness (QED) is 0.702. The molecule has 1 rings (SSSR count). The molecule has 0 aliphatic carbocycles. The Morgan fingerprint density at radius 2 is 2.28 bits per heavy atom. The van der Waals surface area contributed by atoms with Crippen LogP contribution in [-0.4, -0.2) is 54.4 Å². The zero-order chi connectivity index (χ0) is 13.4. The van der Waals surface area contributed by atoms with E-state index in [0.29, 0.717) is 13.2 Å². The summed E-state index contributed by atoms with van der Waals surface area (Å²) in [7, 11) is 1.67. The third kappa shape index (κ3) is 4.34. The standard InChI is InChI=1S/C13H23N3O2/c1-11(14)13(12-4-3-5-15-10-12)16(6-8-17)7-9-18-2/h3-5,10-11,13,17H,6-9,14H2,1-2H3. The van der Waals surface area contributed by atoms with Gasteiger partial charge in [0.1, 0.15) is 0 Å². The summed E-state index contributed by atoms with van der Waals surface area (Å²) in [6, 6.07) is 3.91. The fourth-order valence-electron chi connectivity index (χ4n) is 2.12. The molecule has 102 valence electrons. The Bertz CT molecular complexity index is 319. The first-order valence-electron chi connectivity index (χ1n) is 6.20. The van der Waals surface area contributed by atoms with Gasteiger partial charge in [-0.1, -0.05) is 6.07 Å². The summed E-state index contributed by atoms with van der Waals surface area (Å²) < 4.78 is 5.10. The minimum atomic E-state index is -0.0439. The van der Waals surface area contributed by atoms with Crippen molar-refractivity contribution in [2.24, 2.45) is 5.73 Å². The van der Waals surface area contributed by atoms with E-state index in [2.05, 4.69) is 9.88 Å². The van der Waals surface area contributed by atoms with Crippen molar-refractivity contribution < 1.29 is 9.84 Å². The van der Waals surface area contributed by atoms with Gasteiger partial charge in [0.15, 0.2) is 0 Å². The molecule has 1 aromatic heterocycles. The zero-order valence-corrected chi connectivity index (χ0v) is 11.1. The van der Waals surface area contributed by atoms with Crippen LogP contribution in [0.25, 0.3) is 0 Å². The van der Waals surface area contributed by atoms with E-state index < -0.39 is 0 Å². The summed E-state index contributed by atoms with van der Waals surface area (Å²) in [6.07, 6.45) is 3.57. The Labute approximate surface area is 109 Å². The number of rotatable bonds is 8. The van der Waals surface area contributed by atoms with Crippen molar-refractivity contribution in [2.75, 3.05) is 33.4 Å². The number of ether oxygens (including phenoxy) is 1. The number of nitrogens with two attached hydrogens (primary N) is 1. The Morgan fingerprint density at radius 1 is 1.50 bits per heavy atom. The molecule has 3 N–H and O–H groups in total. The van der Waals surface area contributed by atoms with Crippen molar-refractivity contribution in [3.63, 3.8) is 0 Å². The van der Waals surface area contributed by atoms with Crippen LogP contribution in [0.5, 0.6) is 0 Å². The molecule has 0 aliphatic heterocycles. The van der Waals surface area contributed by atoms with Crippen LogP contribution in [-0.2, 0) is 4.74 Å². The van der Waals surface area contributed by atoms with Crippen LogP contribution in [0.3, 0.4) is 0 Å². The molecule has 0 aliphatic rings. The Kier molecular flexibility index (Phi) is 6.82. The summed E-state index contributed by atoms with van der Waals surface area (Å²) in [4.78, 5) is 6.26. The Hall–Kier alpha value is -1.01. The second-order valence-corrected chi connectivity index (χ2v) is 4.34. The summed E-state index contributed by atoms with van der Waals surface area (Å²) in [6.45, 7) is 3.99. The average molecular weight is 253 g/mol. The van der Waals surface area contributed by atoms with Gasteiger partial charge in [-0.25, -0.2) is 0 Å². The molecule has 0 saturated heterocycles. The molecule has 2 atom stereocenters. The molecule has 0 radical (unpaired) electrons. The van der Waals surface area contributed by atoms with E-state index in [9.17, 15) is 5.11 Å². The second kappa shape index (κ2) is 8.16. The van der Waals surface area contributed by atoms with Crippen LogP contribution in [0.2, 0.25) is 0 Å². The van der Waals surface area contributed by atoms with Gasteiger partial charge >= 0.3 is 0 Å². The maximum absolute atomic E-state index is 9.17. The molecule has 18 heavy (non-hydrogen) atoms. The van der Waals surface area contributed by atoms with Crippen LogP contribution in [0, 0.1) is 0 Å². The Balaban J connectivity index is 2.86. The number of pyridine rings is 1. The van der Waals surface area contributed by atoms with E-state index in [1.807, 2.05) is 25.3 Å². The van der Waals surface area contributed by atoms with Crippen LogP contribution in [0.1, 0.15) is 18.5 Å². The van der Waals surface area contributed by atoms with E-state index in [-0.39, 0.29) is 18.7 Å². The molecule has 0 aromatic carbocycles. The van der Waals surface area contributed by atoms with Gasteiger partial charge in [-0.2, -0.15) is 0 Å². The van der Waals surface area contributed by atoms with Crippen molar-refractivity contribution >= 4 is 0 Å². The van der Waals surface area contributed by atoms with Gasteiger partial charge < -0.3 is 15.6 Å². The lowest BCUT2D eigenvalue weighted by Gasteiger charge is -2.33. The first-order chi connectivity index (χ1) is 8.70. The molecule has 5 nitrogen and oxygen atoms in total. The molecule has 0 amide bonds. The molecule has 0 bridgehead atoms. The van der Waals surface area contributed by atoms with E-state index >= 15 is 0 Å². The summed E-state index contributed by atoms with van der Waals surface area (Å²) in [5.74, 6) is 0. The van der Waals surface area contributed by atoms with Gasteiger partial charge in [0, 0.05) is 38.6 Å². The third-order valence-electron chi connectivity index (χ3n) is 2.89. The SMILES string of the molecule is COCCN(CCO)C(c1cccnc1)C(C)N. The van der Waals surface area contributed by atoms with Crippen molar-refractivity contribution in [2.45, 2.75) is 19.0 Å². The average Bonchev–Trinajstić information content (AvgIpc) is 2.37. The topological polar surface area (TPSA) is 71.6 Å². The molecule has 0 saturated carbocycles. The predicted molar refractivity (Wildman–Crippen MR) is 71.2 cm³/mol. The van der Waals surface area contributed by atoms with E-state index in [1.54, 1.807) is 13.3 Å². The van der Waals surface area contributed by atoms with E-state index in [1.165, 1.54) is 0 Å². The summed E-state index contributed by atoms with van der Waals surface area (Å²) in [5.41, 5.74) is 7.15. The third-order valence-corrected chi connectivity index (χ3v) is 2.89. The molecule has 2 unspecified atom stereocenters. The highest BCUT2D eigenvalue weighted by molar-refractivity contribution is 5.16. The lowest BCUT2D eigenvalue weighted by atomic mass is 10.0. The summed E-state index contributed by atoms with van der Waals surface area (Å²) in [5, 5.41) is 9.17. The van der Waals surface area contributed by atoms with E-state index in [0.717, 1.165) is 12.1 Å². The van der Waals surface area contributed by atoms with Gasteiger partial charge in [0.2, 0.25) is 0 Å². The van der Waals surface area contributed by atoms with Gasteiger partial charge in [0.25, 0.3) is 0 Å². The minimum absolute atomic E-state index is 0.0426. The number of hydrogen-bond acceptors (Lipinski definition) is 5. The first-order valence-corrected chi connectivity index (χ1v) is 6.20. The van der Waals surface area contributed by atoms with Gasteiger partial charge in [-0.05, 0) is 18.6 Å². The number of methoxy groups -OCH3 is 1. The molecule has 0 fully saturated rings. The van der Waals surface area contributed by atoms with E-state index in [4.69, 9.17) is 10.5 Å². The number of hydrogen-bond donors (Lipinski definition) is 2. The number of aliphatic hydroxyl groups excluding tert-OH is 1. The smallest absolute Gasteiger partial charge is 0.0589 e. The van der Waals surface area contributed by atoms with Gasteiger partial charge in [0.05, 0.1) is 19.3 Å². The number of aliphatic hydroxyl groups is 1. The molecule has 1 aromatic rings. The maximum Gasteiger partial charge on any atom is 0.0589 e. The van der Waals surface area contributed by atoms with Gasteiger partial charge in [-0.15, -0.1) is 0 Å². The Morgan fingerprint density at radius 3 is 2.78 bits per heavy atom. The van der Waals surface area contributed by atoms with Crippen molar-refractivity contribution in [1.82, 2.24) is 9.88 Å². The lowest BCUT2D eigenvalue weighted by Crippen LogP contribution is -2.42. The highest BCUT2D eigenvalue weighted by Crippen LogP contribution is 2.22. The molecule has 1 heterocycles. The fourth-order valence-corrected chi connectivity index (χ4v) is 2.12. The van der Waals surface area contributed by atoms with Crippen LogP contribution < -0.4 is 5.73 Å². The second-order valence-electron chi connectivity index (χ2n) is 4.34. The van der Waals surface area contributed by atoms with Crippen LogP contribution >= 0.6 is 0 Å². The summed E-state index contributed by atoms with van der Waals surface area (Å²) >= 11 is 0. The maximum atomic E-state index is 9.17. The van der Waals surface area contributed by atoms with Crippen molar-refractivity contribution in [1.29, 1.82) is 0 Å². The van der Waals surface area contributed by atoms with Crippen LogP contribution in [0.15, 0.2) is 24.5 Å². The molecular weight excluding hydrogens is 230 g/mol. The number of nitrogens with zero attached hydrogens (tertiary/aromatic N) is 2. The van der Waals surface area contributed by atoms with Gasteiger partial charge in [-0.3, -0.25) is 9.88 Å². The van der Waals surface area contributed by atoms with Crippen molar-refractivity contribution in [3.8, 4) is 0 Å². The molecule has 5 heteroatoms. The molecular formula is C13H23N3O2. The highest BCUT2D eigenvalue weighted by Gasteiger charge is 2.23. The monoisotopic (exact) mass is 253 g/mol. The first kappa shape index (κ1) is 15.0. The van der Waals surface area contributed by atoms with Crippen molar-refractivity contribution in [3.05, 3.63) is 30.1 Å². The fraction of sp³-hybridized carbons (Fsp3) is 0.615.